The molecule has 0 bridgehead atoms. The van der Waals surface area contributed by atoms with Crippen LogP contribution < -0.4 is 30.4 Å². The Morgan fingerprint density at radius 1 is 1.00 bits per heavy atom. The molecule has 0 radical (unpaired) electrons. The summed E-state index contributed by atoms with van der Waals surface area (Å²) >= 11 is 0.996. The van der Waals surface area contributed by atoms with Gasteiger partial charge in [0.15, 0.2) is 11.5 Å². The highest BCUT2D eigenvalue weighted by molar-refractivity contribution is 7.20. The summed E-state index contributed by atoms with van der Waals surface area (Å²) in [5.41, 5.74) is -0.857. The van der Waals surface area contributed by atoms with Gasteiger partial charge in [-0.1, -0.05) is 6.07 Å². The Kier molecular flexibility index (Phi) is 8.00. The van der Waals surface area contributed by atoms with Crippen molar-refractivity contribution in [3.63, 3.8) is 0 Å². The van der Waals surface area contributed by atoms with Crippen LogP contribution in [0.5, 0.6) is 17.2 Å². The van der Waals surface area contributed by atoms with Gasteiger partial charge in [0.1, 0.15) is 11.4 Å². The summed E-state index contributed by atoms with van der Waals surface area (Å²) < 4.78 is 55.8. The number of alkyl halides is 3. The van der Waals surface area contributed by atoms with Crippen LogP contribution in [0, 0.1) is 6.92 Å². The molecule has 2 amide bonds. The average Bonchev–Trinajstić information content (AvgIpc) is 3.26. The number of nitrogens with one attached hydrogen (secondary N) is 2. The van der Waals surface area contributed by atoms with E-state index in [1.807, 2.05) is 0 Å². The number of aryl methyl sites for hydroxylation is 1. The first kappa shape index (κ1) is 28.4. The number of carbonyl (C=O) groups is 2. The number of carbonyl (C=O) groups excluding carboxylic acids is 2. The van der Waals surface area contributed by atoms with Crippen molar-refractivity contribution in [2.24, 2.45) is 0 Å². The minimum atomic E-state index is -4.57. The molecule has 10 nitrogen and oxygen atoms in total. The molecule has 0 spiro atoms. The van der Waals surface area contributed by atoms with Crippen LogP contribution in [-0.4, -0.2) is 42.7 Å². The second kappa shape index (κ2) is 11.3. The first-order valence-electron chi connectivity index (χ1n) is 11.5. The van der Waals surface area contributed by atoms with Crippen molar-refractivity contribution in [3.8, 4) is 17.2 Å². The maximum Gasteiger partial charge on any atom is 0.416 e. The molecule has 210 valence electrons. The van der Waals surface area contributed by atoms with Gasteiger partial charge in [-0.25, -0.2) is 4.98 Å². The third-order valence-electron chi connectivity index (χ3n) is 5.83. The van der Waals surface area contributed by atoms with Crippen molar-refractivity contribution in [2.45, 2.75) is 19.6 Å². The van der Waals surface area contributed by atoms with Crippen LogP contribution in [0.2, 0.25) is 0 Å². The zero-order valence-corrected chi connectivity index (χ0v) is 22.5. The summed E-state index contributed by atoms with van der Waals surface area (Å²) in [6, 6.07) is 7.25. The molecule has 14 heteroatoms. The molecule has 4 aromatic rings. The van der Waals surface area contributed by atoms with E-state index in [-0.39, 0.29) is 20.8 Å². The van der Waals surface area contributed by atoms with Crippen LogP contribution in [0.1, 0.15) is 20.8 Å². The zero-order chi connectivity index (χ0) is 29.2. The van der Waals surface area contributed by atoms with Crippen LogP contribution in [0.25, 0.3) is 10.2 Å². The molecular formula is C26H23F3N4O6S. The molecule has 0 aliphatic carbocycles. The van der Waals surface area contributed by atoms with Crippen molar-refractivity contribution in [1.82, 2.24) is 9.55 Å². The van der Waals surface area contributed by atoms with E-state index in [4.69, 9.17) is 14.2 Å². The first-order valence-corrected chi connectivity index (χ1v) is 12.4. The number of thiophene rings is 1. The van der Waals surface area contributed by atoms with Gasteiger partial charge >= 0.3 is 6.18 Å². The molecule has 0 unspecified atom stereocenters. The van der Waals surface area contributed by atoms with Crippen LogP contribution in [-0.2, 0) is 17.5 Å². The number of hydrogen-bond acceptors (Lipinski definition) is 8. The molecule has 40 heavy (non-hydrogen) atoms. The van der Waals surface area contributed by atoms with E-state index in [1.54, 1.807) is 19.1 Å². The summed E-state index contributed by atoms with van der Waals surface area (Å²) in [5, 5.41) is 5.25. The number of amides is 2. The third-order valence-corrected chi connectivity index (χ3v) is 7.03. The number of halogens is 3. The Morgan fingerprint density at radius 3 is 2.27 bits per heavy atom. The van der Waals surface area contributed by atoms with Crippen molar-refractivity contribution >= 4 is 44.7 Å². The Bertz CT molecular complexity index is 1640. The smallest absolute Gasteiger partial charge is 0.416 e. The number of hydrogen-bond donors (Lipinski definition) is 2. The molecule has 0 aliphatic heterocycles. The number of rotatable bonds is 8. The number of benzene rings is 2. The number of methoxy groups -OCH3 is 3. The van der Waals surface area contributed by atoms with Gasteiger partial charge in [0.05, 0.1) is 43.5 Å². The van der Waals surface area contributed by atoms with Gasteiger partial charge in [0.25, 0.3) is 11.5 Å². The molecule has 0 aliphatic rings. The maximum absolute atomic E-state index is 13.2. The van der Waals surface area contributed by atoms with E-state index >= 15 is 0 Å². The molecule has 0 fully saturated rings. The fourth-order valence-electron chi connectivity index (χ4n) is 3.96. The van der Waals surface area contributed by atoms with Crippen molar-refractivity contribution in [3.05, 3.63) is 69.1 Å². The molecule has 2 aromatic heterocycles. The minimum absolute atomic E-state index is 0.0700. The molecule has 0 atom stereocenters. The number of fused-ring (bicyclic) bond motifs is 1. The molecule has 2 aromatic carbocycles. The van der Waals surface area contributed by atoms with E-state index in [2.05, 4.69) is 15.6 Å². The Morgan fingerprint density at radius 2 is 1.68 bits per heavy atom. The Balaban J connectivity index is 1.57. The normalized spacial score (nSPS) is 11.3. The standard InChI is InChI=1S/C26H23F3N4O6S/c1-13-20-24(40-22(13)23(35)32-16-9-17(37-2)21(39-4)18(10-16)38-3)30-12-33(25(20)36)11-19(34)31-15-7-5-6-14(8-15)26(27,28)29/h5-10,12H,11H2,1-4H3,(H,31,34)(H,32,35). The van der Waals surface area contributed by atoms with Crippen LogP contribution in [0.3, 0.4) is 0 Å². The lowest BCUT2D eigenvalue weighted by Gasteiger charge is -2.14. The summed E-state index contributed by atoms with van der Waals surface area (Å²) in [6.07, 6.45) is -3.42. The minimum Gasteiger partial charge on any atom is -0.493 e. The first-order chi connectivity index (χ1) is 19.0. The number of aromatic nitrogens is 2. The van der Waals surface area contributed by atoms with Gasteiger partial charge in [0, 0.05) is 23.5 Å². The Hall–Kier alpha value is -4.59. The lowest BCUT2D eigenvalue weighted by molar-refractivity contribution is -0.137. The van der Waals surface area contributed by atoms with Gasteiger partial charge in [0.2, 0.25) is 11.7 Å². The molecule has 0 saturated heterocycles. The quantitative estimate of drug-likeness (QED) is 0.312. The monoisotopic (exact) mass is 576 g/mol. The van der Waals surface area contributed by atoms with E-state index < -0.39 is 35.7 Å². The third kappa shape index (κ3) is 5.71. The fraction of sp³-hybridized carbons (Fsp3) is 0.231. The van der Waals surface area contributed by atoms with Gasteiger partial charge in [-0.15, -0.1) is 11.3 Å². The van der Waals surface area contributed by atoms with Crippen molar-refractivity contribution < 1.29 is 37.0 Å². The zero-order valence-electron chi connectivity index (χ0n) is 21.6. The van der Waals surface area contributed by atoms with Gasteiger partial charge in [-0.2, -0.15) is 13.2 Å². The molecule has 4 rings (SSSR count). The fourth-order valence-corrected chi connectivity index (χ4v) is 4.99. The van der Waals surface area contributed by atoms with Crippen LogP contribution in [0.4, 0.5) is 24.5 Å². The maximum atomic E-state index is 13.2. The number of anilines is 2. The average molecular weight is 577 g/mol. The molecule has 2 N–H and O–H groups in total. The number of ether oxygens (including phenoxy) is 3. The van der Waals surface area contributed by atoms with Gasteiger partial charge < -0.3 is 24.8 Å². The molecular weight excluding hydrogens is 553 g/mol. The highest BCUT2D eigenvalue weighted by Gasteiger charge is 2.30. The van der Waals surface area contributed by atoms with E-state index in [1.165, 1.54) is 27.4 Å². The lowest BCUT2D eigenvalue weighted by atomic mass is 10.2. The summed E-state index contributed by atoms with van der Waals surface area (Å²) in [7, 11) is 4.33. The van der Waals surface area contributed by atoms with Crippen LogP contribution in [0.15, 0.2) is 47.5 Å². The topological polar surface area (TPSA) is 121 Å². The second-order valence-electron chi connectivity index (χ2n) is 8.41. The second-order valence-corrected chi connectivity index (χ2v) is 9.41. The molecule has 0 saturated carbocycles. The van der Waals surface area contributed by atoms with Gasteiger partial charge in [-0.3, -0.25) is 19.0 Å². The van der Waals surface area contributed by atoms with E-state index in [9.17, 15) is 27.6 Å². The Labute approximate surface area is 229 Å². The number of nitrogens with zero attached hydrogens (tertiary/aromatic N) is 2. The van der Waals surface area contributed by atoms with E-state index in [0.717, 1.165) is 40.4 Å². The van der Waals surface area contributed by atoms with Crippen molar-refractivity contribution in [1.29, 1.82) is 0 Å². The lowest BCUT2D eigenvalue weighted by Crippen LogP contribution is -2.28. The molecule has 2 heterocycles. The van der Waals surface area contributed by atoms with Gasteiger partial charge in [-0.05, 0) is 30.7 Å². The highest BCUT2D eigenvalue weighted by atomic mass is 32.1. The summed E-state index contributed by atoms with van der Waals surface area (Å²) in [4.78, 5) is 43.5. The van der Waals surface area contributed by atoms with E-state index in [0.29, 0.717) is 28.5 Å². The van der Waals surface area contributed by atoms with Crippen LogP contribution >= 0.6 is 11.3 Å². The summed E-state index contributed by atoms with van der Waals surface area (Å²) in [5.74, 6) is -0.224. The summed E-state index contributed by atoms with van der Waals surface area (Å²) in [6.45, 7) is 1.08. The predicted octanol–water partition coefficient (Wildman–Crippen LogP) is 4.70. The van der Waals surface area contributed by atoms with Crippen molar-refractivity contribution in [2.75, 3.05) is 32.0 Å². The SMILES string of the molecule is COc1cc(NC(=O)c2sc3ncn(CC(=O)Nc4cccc(C(F)(F)F)c4)c(=O)c3c2C)cc(OC)c1OC. The highest BCUT2D eigenvalue weighted by Crippen LogP contribution is 2.40. The predicted molar refractivity (Wildman–Crippen MR) is 143 cm³/mol. The largest absolute Gasteiger partial charge is 0.493 e.